The van der Waals surface area contributed by atoms with E-state index in [1.54, 1.807) is 56.5 Å². The topological polar surface area (TPSA) is 137 Å². The molecule has 9 heteroatoms. The van der Waals surface area contributed by atoms with Crippen molar-refractivity contribution in [3.63, 3.8) is 0 Å². The summed E-state index contributed by atoms with van der Waals surface area (Å²) in [5.74, 6) is 0.399. The second-order valence-corrected chi connectivity index (χ2v) is 6.44. The summed E-state index contributed by atoms with van der Waals surface area (Å²) in [6.07, 6.45) is 1.50. The Balaban J connectivity index is 1.88. The predicted molar refractivity (Wildman–Crippen MR) is 112 cm³/mol. The number of furan rings is 1. The molecule has 1 aromatic carbocycles. The summed E-state index contributed by atoms with van der Waals surface area (Å²) in [7, 11) is 1.54. The summed E-state index contributed by atoms with van der Waals surface area (Å²) in [5.41, 5.74) is 2.48. The molecule has 2 aromatic heterocycles. The predicted octanol–water partition coefficient (Wildman–Crippen LogP) is 4.45. The van der Waals surface area contributed by atoms with Crippen LogP contribution >= 0.6 is 0 Å². The van der Waals surface area contributed by atoms with E-state index in [1.165, 1.54) is 6.26 Å². The van der Waals surface area contributed by atoms with Gasteiger partial charge >= 0.3 is 0 Å². The standard InChI is InChI=1S/C22H18N6O3/c1-13-14(2)25-21(17(11-23)20(13)19-5-4-10-31-19)26-22(29)18(12-24)28-27-15-6-8-16(30-3)9-7-15/h4-10,18H,1-3H3,(H,25,26,29). The first-order valence-corrected chi connectivity index (χ1v) is 9.19. The van der Waals surface area contributed by atoms with Crippen LogP contribution in [-0.4, -0.2) is 24.0 Å². The van der Waals surface area contributed by atoms with Crippen LogP contribution in [0.4, 0.5) is 11.5 Å². The monoisotopic (exact) mass is 414 g/mol. The second-order valence-electron chi connectivity index (χ2n) is 6.44. The minimum absolute atomic E-state index is 0.0295. The maximum atomic E-state index is 12.6. The van der Waals surface area contributed by atoms with Crippen LogP contribution in [0.1, 0.15) is 16.8 Å². The van der Waals surface area contributed by atoms with Crippen molar-refractivity contribution in [2.75, 3.05) is 12.4 Å². The van der Waals surface area contributed by atoms with Crippen LogP contribution in [-0.2, 0) is 4.79 Å². The van der Waals surface area contributed by atoms with Gasteiger partial charge in [-0.05, 0) is 55.8 Å². The first kappa shape index (κ1) is 21.2. The Hall–Kier alpha value is -4.50. The number of carbonyl (C=O) groups excluding carboxylic acids is 1. The smallest absolute Gasteiger partial charge is 0.266 e. The van der Waals surface area contributed by atoms with Crippen LogP contribution in [0.15, 0.2) is 57.3 Å². The summed E-state index contributed by atoms with van der Waals surface area (Å²) in [6, 6.07) is 12.5. The summed E-state index contributed by atoms with van der Waals surface area (Å²) in [6.45, 7) is 3.57. The Morgan fingerprint density at radius 3 is 2.55 bits per heavy atom. The Labute approximate surface area is 178 Å². The van der Waals surface area contributed by atoms with E-state index < -0.39 is 11.9 Å². The largest absolute Gasteiger partial charge is 0.497 e. The molecule has 0 aliphatic rings. The van der Waals surface area contributed by atoms with Gasteiger partial charge in [0.1, 0.15) is 29.2 Å². The van der Waals surface area contributed by atoms with Crippen molar-refractivity contribution in [2.24, 2.45) is 10.2 Å². The van der Waals surface area contributed by atoms with Crippen molar-refractivity contribution in [2.45, 2.75) is 19.9 Å². The highest BCUT2D eigenvalue weighted by Crippen LogP contribution is 2.33. The van der Waals surface area contributed by atoms with Crippen molar-refractivity contribution >= 4 is 17.4 Å². The highest BCUT2D eigenvalue weighted by molar-refractivity contribution is 5.98. The molecule has 1 unspecified atom stereocenters. The summed E-state index contributed by atoms with van der Waals surface area (Å²) < 4.78 is 10.5. The number of azo groups is 1. The van der Waals surface area contributed by atoms with Crippen LogP contribution in [0, 0.1) is 36.5 Å². The van der Waals surface area contributed by atoms with Crippen molar-refractivity contribution in [1.82, 2.24) is 4.98 Å². The number of nitrogens with one attached hydrogen (secondary N) is 1. The molecule has 0 fully saturated rings. The molecule has 0 spiro atoms. The third kappa shape index (κ3) is 4.57. The number of carbonyl (C=O) groups is 1. The van der Waals surface area contributed by atoms with Crippen LogP contribution in [0.5, 0.6) is 5.75 Å². The molecule has 0 saturated carbocycles. The Morgan fingerprint density at radius 2 is 1.97 bits per heavy atom. The van der Waals surface area contributed by atoms with Crippen molar-refractivity contribution < 1.29 is 13.9 Å². The number of rotatable bonds is 6. The first-order chi connectivity index (χ1) is 15.0. The molecule has 0 radical (unpaired) electrons. The first-order valence-electron chi connectivity index (χ1n) is 9.19. The molecular weight excluding hydrogens is 396 g/mol. The van der Waals surface area contributed by atoms with Gasteiger partial charge < -0.3 is 14.5 Å². The molecule has 0 aliphatic carbocycles. The average Bonchev–Trinajstić information content (AvgIpc) is 3.31. The number of pyridine rings is 1. The van der Waals surface area contributed by atoms with E-state index in [-0.39, 0.29) is 11.4 Å². The number of benzene rings is 1. The molecule has 154 valence electrons. The molecule has 3 aromatic rings. The third-order valence-electron chi connectivity index (χ3n) is 4.54. The van der Waals surface area contributed by atoms with E-state index in [0.717, 1.165) is 5.56 Å². The second kappa shape index (κ2) is 9.33. The van der Waals surface area contributed by atoms with Crippen LogP contribution in [0.3, 0.4) is 0 Å². The normalized spacial score (nSPS) is 11.5. The molecule has 2 heterocycles. The van der Waals surface area contributed by atoms with Gasteiger partial charge in [-0.1, -0.05) is 0 Å². The molecule has 0 bridgehead atoms. The average molecular weight is 414 g/mol. The van der Waals surface area contributed by atoms with Crippen molar-refractivity contribution in [1.29, 1.82) is 10.5 Å². The minimum Gasteiger partial charge on any atom is -0.497 e. The van der Waals surface area contributed by atoms with E-state index in [1.807, 2.05) is 6.92 Å². The fourth-order valence-electron chi connectivity index (χ4n) is 2.82. The molecule has 9 nitrogen and oxygen atoms in total. The molecule has 31 heavy (non-hydrogen) atoms. The highest BCUT2D eigenvalue weighted by Gasteiger charge is 2.23. The van der Waals surface area contributed by atoms with Crippen LogP contribution in [0.2, 0.25) is 0 Å². The SMILES string of the molecule is COc1ccc(N=NC(C#N)C(=O)Nc2nc(C)c(C)c(-c3ccco3)c2C#N)cc1. The molecule has 1 N–H and O–H groups in total. The molecule has 0 saturated heterocycles. The maximum absolute atomic E-state index is 12.6. The molecule has 1 amide bonds. The number of nitrogens with zero attached hydrogens (tertiary/aromatic N) is 5. The van der Waals surface area contributed by atoms with Gasteiger partial charge in [0, 0.05) is 11.3 Å². The summed E-state index contributed by atoms with van der Waals surface area (Å²) in [5, 5.41) is 29.4. The Kier molecular flexibility index (Phi) is 6.39. The number of anilines is 1. The number of hydrogen-bond donors (Lipinski definition) is 1. The van der Waals surface area contributed by atoms with Gasteiger partial charge in [-0.2, -0.15) is 20.8 Å². The minimum atomic E-state index is -1.43. The van der Waals surface area contributed by atoms with E-state index in [0.29, 0.717) is 28.5 Å². The van der Waals surface area contributed by atoms with Crippen LogP contribution < -0.4 is 10.1 Å². The van der Waals surface area contributed by atoms with Crippen LogP contribution in [0.25, 0.3) is 11.3 Å². The van der Waals surface area contributed by atoms with Gasteiger partial charge in [0.25, 0.3) is 5.91 Å². The van der Waals surface area contributed by atoms with E-state index in [4.69, 9.17) is 9.15 Å². The number of hydrogen-bond acceptors (Lipinski definition) is 8. The van der Waals surface area contributed by atoms with Gasteiger partial charge in [-0.15, -0.1) is 0 Å². The number of methoxy groups -OCH3 is 1. The number of nitriles is 2. The quantitative estimate of drug-likeness (QED) is 0.592. The number of ether oxygens (including phenoxy) is 1. The third-order valence-corrected chi connectivity index (χ3v) is 4.54. The fourth-order valence-corrected chi connectivity index (χ4v) is 2.82. The number of amides is 1. The van der Waals surface area contributed by atoms with E-state index in [2.05, 4.69) is 26.6 Å². The lowest BCUT2D eigenvalue weighted by molar-refractivity contribution is -0.116. The van der Waals surface area contributed by atoms with E-state index in [9.17, 15) is 15.3 Å². The summed E-state index contributed by atoms with van der Waals surface area (Å²) >= 11 is 0. The number of aryl methyl sites for hydroxylation is 1. The molecule has 0 aliphatic heterocycles. The van der Waals surface area contributed by atoms with Crippen molar-refractivity contribution in [3.05, 3.63) is 59.5 Å². The zero-order chi connectivity index (χ0) is 22.4. The van der Waals surface area contributed by atoms with E-state index >= 15 is 0 Å². The summed E-state index contributed by atoms with van der Waals surface area (Å²) in [4.78, 5) is 17.0. The highest BCUT2D eigenvalue weighted by atomic mass is 16.5. The maximum Gasteiger partial charge on any atom is 0.266 e. The lowest BCUT2D eigenvalue weighted by Gasteiger charge is -2.14. The van der Waals surface area contributed by atoms with Gasteiger partial charge in [0.2, 0.25) is 6.04 Å². The Bertz CT molecular complexity index is 1200. The van der Waals surface area contributed by atoms with Gasteiger partial charge in [-0.25, -0.2) is 4.98 Å². The number of aromatic nitrogens is 1. The van der Waals surface area contributed by atoms with Crippen molar-refractivity contribution in [3.8, 4) is 29.2 Å². The van der Waals surface area contributed by atoms with Gasteiger partial charge in [0.15, 0.2) is 5.82 Å². The molecular formula is C22H18N6O3. The molecule has 1 atom stereocenters. The fraction of sp³-hybridized carbons (Fsp3) is 0.182. The zero-order valence-corrected chi connectivity index (χ0v) is 17.1. The molecule has 3 rings (SSSR count). The van der Waals surface area contributed by atoms with Gasteiger partial charge in [0.05, 0.1) is 19.1 Å². The van der Waals surface area contributed by atoms with Gasteiger partial charge in [-0.3, -0.25) is 4.79 Å². The Morgan fingerprint density at radius 1 is 1.23 bits per heavy atom. The zero-order valence-electron chi connectivity index (χ0n) is 17.1. The lowest BCUT2D eigenvalue weighted by Crippen LogP contribution is -2.26. The lowest BCUT2D eigenvalue weighted by atomic mass is 10.00.